The van der Waals surface area contributed by atoms with Gasteiger partial charge in [0, 0.05) is 17.7 Å². The third-order valence-corrected chi connectivity index (χ3v) is 2.58. The predicted octanol–water partition coefficient (Wildman–Crippen LogP) is 1.14. The maximum absolute atomic E-state index is 11.8. The Hall–Kier alpha value is -2.90. The van der Waals surface area contributed by atoms with Gasteiger partial charge >= 0.3 is 5.91 Å². The molecule has 0 saturated heterocycles. The first-order valence-electron chi connectivity index (χ1n) is 6.16. The van der Waals surface area contributed by atoms with E-state index < -0.39 is 10.8 Å². The first-order chi connectivity index (χ1) is 9.86. The van der Waals surface area contributed by atoms with E-state index in [2.05, 4.69) is 15.6 Å². The molecule has 0 saturated carbocycles. The van der Waals surface area contributed by atoms with E-state index >= 15 is 0 Å². The van der Waals surface area contributed by atoms with Crippen LogP contribution in [-0.2, 0) is 4.79 Å². The number of non-ortho nitro benzene ring substituents is 1. The lowest BCUT2D eigenvalue weighted by atomic mass is 10.1. The number of benzene rings is 1. The Bertz CT molecular complexity index is 664. The Balaban J connectivity index is 2.35. The monoisotopic (exact) mass is 289 g/mol. The zero-order valence-corrected chi connectivity index (χ0v) is 11.4. The number of hydrogen-bond acceptors (Lipinski definition) is 6. The van der Waals surface area contributed by atoms with E-state index in [-0.39, 0.29) is 34.6 Å². The molecule has 0 fully saturated rings. The SMILES string of the molecule is CC(C)NC1=NC=C(c2cc(O)cc([N+](=O)[O-])c2)[N]C1=O. The lowest BCUT2D eigenvalue weighted by molar-refractivity contribution is -0.385. The molecule has 21 heavy (non-hydrogen) atoms. The van der Waals surface area contributed by atoms with Gasteiger partial charge in [0.1, 0.15) is 5.75 Å². The second-order valence-electron chi connectivity index (χ2n) is 4.70. The highest BCUT2D eigenvalue weighted by atomic mass is 16.6. The van der Waals surface area contributed by atoms with Crippen molar-refractivity contribution in [2.24, 2.45) is 4.99 Å². The minimum Gasteiger partial charge on any atom is -0.508 e. The van der Waals surface area contributed by atoms with Crippen molar-refractivity contribution < 1.29 is 14.8 Å². The number of aromatic hydroxyl groups is 1. The van der Waals surface area contributed by atoms with Crippen LogP contribution in [0.15, 0.2) is 29.4 Å². The second-order valence-corrected chi connectivity index (χ2v) is 4.70. The third kappa shape index (κ3) is 3.35. The molecule has 8 heteroatoms. The summed E-state index contributed by atoms with van der Waals surface area (Å²) in [6.07, 6.45) is 1.32. The molecule has 1 aliphatic rings. The van der Waals surface area contributed by atoms with Crippen LogP contribution >= 0.6 is 0 Å². The molecule has 1 heterocycles. The van der Waals surface area contributed by atoms with Gasteiger partial charge in [0.25, 0.3) is 5.69 Å². The van der Waals surface area contributed by atoms with Crippen LogP contribution in [0.2, 0.25) is 0 Å². The van der Waals surface area contributed by atoms with Gasteiger partial charge in [-0.15, -0.1) is 0 Å². The van der Waals surface area contributed by atoms with Gasteiger partial charge in [0.15, 0.2) is 5.84 Å². The predicted molar refractivity (Wildman–Crippen MR) is 75.6 cm³/mol. The number of rotatable bonds is 3. The molecule has 1 aromatic carbocycles. The highest BCUT2D eigenvalue weighted by Crippen LogP contribution is 2.26. The van der Waals surface area contributed by atoms with Gasteiger partial charge in [-0.25, -0.2) is 10.3 Å². The Morgan fingerprint density at radius 1 is 1.33 bits per heavy atom. The van der Waals surface area contributed by atoms with Gasteiger partial charge in [0.05, 0.1) is 22.9 Å². The lowest BCUT2D eigenvalue weighted by Crippen LogP contribution is -2.41. The van der Waals surface area contributed by atoms with E-state index in [0.29, 0.717) is 0 Å². The van der Waals surface area contributed by atoms with Gasteiger partial charge in [-0.1, -0.05) is 0 Å². The molecular formula is C13H13N4O4. The maximum atomic E-state index is 11.8. The van der Waals surface area contributed by atoms with E-state index in [0.717, 1.165) is 6.07 Å². The lowest BCUT2D eigenvalue weighted by Gasteiger charge is -2.15. The number of hydrogen-bond donors (Lipinski definition) is 2. The molecule has 0 aromatic heterocycles. The minimum absolute atomic E-state index is 0.0275. The molecule has 0 aliphatic carbocycles. The van der Waals surface area contributed by atoms with E-state index in [1.165, 1.54) is 18.3 Å². The standard InChI is InChI=1S/C13H13N4O4/c1-7(2)15-12-13(19)16-11(6-14-12)8-3-9(17(20)21)5-10(18)4-8/h3-7,18H,1-2H3,(H,14,15). The Labute approximate surface area is 120 Å². The first-order valence-corrected chi connectivity index (χ1v) is 6.16. The summed E-state index contributed by atoms with van der Waals surface area (Å²) in [4.78, 5) is 25.9. The van der Waals surface area contributed by atoms with Crippen LogP contribution in [0.3, 0.4) is 0 Å². The third-order valence-electron chi connectivity index (χ3n) is 2.58. The van der Waals surface area contributed by atoms with Crippen LogP contribution in [0.4, 0.5) is 5.69 Å². The second kappa shape index (κ2) is 5.61. The van der Waals surface area contributed by atoms with E-state index in [1.807, 2.05) is 13.8 Å². The van der Waals surface area contributed by atoms with Crippen molar-refractivity contribution in [3.8, 4) is 5.75 Å². The molecule has 1 amide bonds. The molecule has 1 radical (unpaired) electrons. The summed E-state index contributed by atoms with van der Waals surface area (Å²) in [6, 6.07) is 3.55. The van der Waals surface area contributed by atoms with Crippen molar-refractivity contribution in [2.75, 3.05) is 0 Å². The van der Waals surface area contributed by atoms with Gasteiger partial charge < -0.3 is 10.4 Å². The number of aliphatic imine (C=N–C) groups is 1. The number of nitrogens with one attached hydrogen (secondary N) is 1. The molecule has 1 aromatic rings. The largest absolute Gasteiger partial charge is 0.508 e. The summed E-state index contributed by atoms with van der Waals surface area (Å²) in [5.41, 5.74) is 0.124. The molecular weight excluding hydrogens is 276 g/mol. The van der Waals surface area contributed by atoms with E-state index in [1.54, 1.807) is 0 Å². The van der Waals surface area contributed by atoms with Gasteiger partial charge in [-0.3, -0.25) is 14.9 Å². The number of phenols is 1. The molecule has 109 valence electrons. The van der Waals surface area contributed by atoms with Crippen molar-refractivity contribution >= 4 is 23.1 Å². The van der Waals surface area contributed by atoms with Crippen LogP contribution in [0.5, 0.6) is 5.75 Å². The number of amides is 1. The van der Waals surface area contributed by atoms with Crippen LogP contribution in [-0.4, -0.2) is 27.8 Å². The van der Waals surface area contributed by atoms with Gasteiger partial charge in [0.2, 0.25) is 0 Å². The highest BCUT2D eigenvalue weighted by Gasteiger charge is 2.22. The van der Waals surface area contributed by atoms with Crippen molar-refractivity contribution in [1.82, 2.24) is 10.6 Å². The zero-order valence-electron chi connectivity index (χ0n) is 11.4. The summed E-state index contributed by atoms with van der Waals surface area (Å²) >= 11 is 0. The number of amidine groups is 1. The fraction of sp³-hybridized carbons (Fsp3) is 0.231. The van der Waals surface area contributed by atoms with Crippen LogP contribution in [0.25, 0.3) is 5.70 Å². The maximum Gasteiger partial charge on any atom is 0.313 e. The average molecular weight is 289 g/mol. The topological polar surface area (TPSA) is 119 Å². The van der Waals surface area contributed by atoms with Crippen LogP contribution in [0, 0.1) is 10.1 Å². The Morgan fingerprint density at radius 2 is 2.05 bits per heavy atom. The number of carbonyl (C=O) groups is 1. The summed E-state index contributed by atoms with van der Waals surface area (Å²) in [6.45, 7) is 3.71. The van der Waals surface area contributed by atoms with Gasteiger partial charge in [-0.05, 0) is 19.9 Å². The molecule has 0 spiro atoms. The normalized spacial score (nSPS) is 14.3. The molecule has 8 nitrogen and oxygen atoms in total. The molecule has 1 aliphatic heterocycles. The smallest absolute Gasteiger partial charge is 0.313 e. The Kier molecular flexibility index (Phi) is 3.88. The average Bonchev–Trinajstić information content (AvgIpc) is 2.39. The van der Waals surface area contributed by atoms with Gasteiger partial charge in [-0.2, -0.15) is 0 Å². The fourth-order valence-corrected chi connectivity index (χ4v) is 1.73. The molecule has 0 unspecified atom stereocenters. The quantitative estimate of drug-likeness (QED) is 0.638. The highest BCUT2D eigenvalue weighted by molar-refractivity contribution is 6.40. The minimum atomic E-state index is -0.635. The zero-order chi connectivity index (χ0) is 15.6. The summed E-state index contributed by atoms with van der Waals surface area (Å²) < 4.78 is 0. The summed E-state index contributed by atoms with van der Waals surface area (Å²) in [7, 11) is 0. The fourth-order valence-electron chi connectivity index (χ4n) is 1.73. The molecule has 2 N–H and O–H groups in total. The number of nitro groups is 1. The first kappa shape index (κ1) is 14.5. The van der Waals surface area contributed by atoms with Crippen molar-refractivity contribution in [1.29, 1.82) is 0 Å². The summed E-state index contributed by atoms with van der Waals surface area (Å²) in [5.74, 6) is -0.728. The van der Waals surface area contributed by atoms with Crippen molar-refractivity contribution in [3.63, 3.8) is 0 Å². The van der Waals surface area contributed by atoms with E-state index in [4.69, 9.17) is 0 Å². The number of phenolic OH excluding ortho intramolecular Hbond substituents is 1. The van der Waals surface area contributed by atoms with Crippen molar-refractivity contribution in [3.05, 3.63) is 40.1 Å². The molecule has 0 atom stereocenters. The Morgan fingerprint density at radius 3 is 2.62 bits per heavy atom. The number of nitro benzene ring substituents is 1. The molecule has 2 rings (SSSR count). The van der Waals surface area contributed by atoms with Crippen LogP contribution < -0.4 is 10.6 Å². The number of carbonyl (C=O) groups excluding carboxylic acids is 1. The van der Waals surface area contributed by atoms with Crippen LogP contribution in [0.1, 0.15) is 19.4 Å². The van der Waals surface area contributed by atoms with E-state index in [9.17, 15) is 20.0 Å². The summed E-state index contributed by atoms with van der Waals surface area (Å²) in [5, 5.41) is 26.9. The molecule has 0 bridgehead atoms. The van der Waals surface area contributed by atoms with Crippen molar-refractivity contribution in [2.45, 2.75) is 19.9 Å². The number of nitrogens with zero attached hydrogens (tertiary/aromatic N) is 3.